The molecule has 2 amide bonds. The number of hydrogen-bond acceptors (Lipinski definition) is 5. The van der Waals surface area contributed by atoms with Crippen LogP contribution in [0.1, 0.15) is 30.0 Å². The maximum absolute atomic E-state index is 12.4. The molecule has 1 aromatic rings. The smallest absolute Gasteiger partial charge is 0.251 e. The van der Waals surface area contributed by atoms with Crippen molar-refractivity contribution in [2.45, 2.75) is 38.7 Å². The molecule has 3 heterocycles. The molecule has 0 bridgehead atoms. The highest BCUT2D eigenvalue weighted by atomic mass is 32.1. The van der Waals surface area contributed by atoms with Crippen LogP contribution in [0.5, 0.6) is 0 Å². The highest BCUT2D eigenvalue weighted by Crippen LogP contribution is 2.16. The molecule has 126 valence electrons. The quantitative estimate of drug-likeness (QED) is 0.832. The first-order valence-corrected chi connectivity index (χ1v) is 9.10. The lowest BCUT2D eigenvalue weighted by atomic mass is 10.2. The molecule has 0 saturated carbocycles. The summed E-state index contributed by atoms with van der Waals surface area (Å²) in [4.78, 5) is 32.9. The highest BCUT2D eigenvalue weighted by molar-refractivity contribution is 7.09. The number of nitrogens with zero attached hydrogens (tertiary/aromatic N) is 3. The zero-order valence-electron chi connectivity index (χ0n) is 13.5. The monoisotopic (exact) mass is 337 g/mol. The van der Waals surface area contributed by atoms with Crippen molar-refractivity contribution in [1.29, 1.82) is 0 Å². The maximum atomic E-state index is 12.4. The fraction of sp³-hybridized carbons (Fsp3) is 0.688. The van der Waals surface area contributed by atoms with Gasteiger partial charge in [0, 0.05) is 38.2 Å². The van der Waals surface area contributed by atoms with Crippen LogP contribution in [0.25, 0.3) is 0 Å². The van der Waals surface area contributed by atoms with Crippen molar-refractivity contribution >= 4 is 23.2 Å². The zero-order chi connectivity index (χ0) is 16.2. The van der Waals surface area contributed by atoms with Gasteiger partial charge in [-0.05, 0) is 26.2 Å². The van der Waals surface area contributed by atoms with E-state index < -0.39 is 0 Å². The fourth-order valence-corrected chi connectivity index (χ4v) is 3.73. The SMILES string of the molecule is Cc1nc(CC(=O)N2CCCN(C(=O)[C@H]3CCCO3)CC2)cs1. The molecule has 0 radical (unpaired) electrons. The van der Waals surface area contributed by atoms with Gasteiger partial charge < -0.3 is 14.5 Å². The summed E-state index contributed by atoms with van der Waals surface area (Å²) < 4.78 is 5.49. The number of carbonyl (C=O) groups is 2. The van der Waals surface area contributed by atoms with E-state index in [1.54, 1.807) is 11.3 Å². The largest absolute Gasteiger partial charge is 0.368 e. The summed E-state index contributed by atoms with van der Waals surface area (Å²) in [6, 6.07) is 0. The zero-order valence-corrected chi connectivity index (χ0v) is 14.3. The first-order valence-electron chi connectivity index (χ1n) is 8.22. The number of rotatable bonds is 3. The summed E-state index contributed by atoms with van der Waals surface area (Å²) in [6.07, 6.45) is 2.68. The number of aryl methyl sites for hydroxylation is 1. The van der Waals surface area contributed by atoms with E-state index in [4.69, 9.17) is 4.74 Å². The third-order valence-electron chi connectivity index (χ3n) is 4.36. The number of hydrogen-bond donors (Lipinski definition) is 0. The molecule has 2 aliphatic heterocycles. The molecule has 0 aliphatic carbocycles. The minimum atomic E-state index is -0.268. The number of amides is 2. The molecule has 1 atom stereocenters. The summed E-state index contributed by atoms with van der Waals surface area (Å²) >= 11 is 1.57. The molecule has 0 spiro atoms. The lowest BCUT2D eigenvalue weighted by molar-refractivity contribution is -0.141. The Bertz CT molecular complexity index is 569. The third-order valence-corrected chi connectivity index (χ3v) is 5.19. The van der Waals surface area contributed by atoms with Crippen LogP contribution in [0, 0.1) is 6.92 Å². The van der Waals surface area contributed by atoms with E-state index in [0.717, 1.165) is 30.0 Å². The molecule has 7 heteroatoms. The topological polar surface area (TPSA) is 62.7 Å². The summed E-state index contributed by atoms with van der Waals surface area (Å²) in [5.74, 6) is 0.189. The van der Waals surface area contributed by atoms with Gasteiger partial charge in [-0.15, -0.1) is 11.3 Å². The van der Waals surface area contributed by atoms with Crippen molar-refractivity contribution < 1.29 is 14.3 Å². The second-order valence-electron chi connectivity index (χ2n) is 6.10. The molecule has 2 aliphatic rings. The molecule has 6 nitrogen and oxygen atoms in total. The van der Waals surface area contributed by atoms with Gasteiger partial charge in [0.25, 0.3) is 5.91 Å². The van der Waals surface area contributed by atoms with Gasteiger partial charge in [0.2, 0.25) is 5.91 Å². The van der Waals surface area contributed by atoms with E-state index >= 15 is 0 Å². The van der Waals surface area contributed by atoms with Crippen molar-refractivity contribution in [2.24, 2.45) is 0 Å². The predicted octanol–water partition coefficient (Wildman–Crippen LogP) is 1.23. The van der Waals surface area contributed by atoms with Crippen LogP contribution in [-0.2, 0) is 20.7 Å². The van der Waals surface area contributed by atoms with Crippen LogP contribution >= 0.6 is 11.3 Å². The van der Waals surface area contributed by atoms with Crippen LogP contribution in [-0.4, -0.2) is 65.5 Å². The van der Waals surface area contributed by atoms with Crippen molar-refractivity contribution in [1.82, 2.24) is 14.8 Å². The average molecular weight is 337 g/mol. The molecule has 2 fully saturated rings. The normalized spacial score (nSPS) is 22.2. The first-order chi connectivity index (χ1) is 11.1. The summed E-state index contributed by atoms with van der Waals surface area (Å²) in [6.45, 7) is 5.23. The molecule has 1 aromatic heterocycles. The Labute approximate surface area is 140 Å². The van der Waals surface area contributed by atoms with Crippen LogP contribution in [0.3, 0.4) is 0 Å². The van der Waals surface area contributed by atoms with Crippen LogP contribution < -0.4 is 0 Å². The Morgan fingerprint density at radius 1 is 1.26 bits per heavy atom. The summed E-state index contributed by atoms with van der Waals surface area (Å²) in [5, 5.41) is 2.93. The number of thiazole rings is 1. The number of ether oxygens (including phenoxy) is 1. The molecular formula is C16H23N3O3S. The van der Waals surface area contributed by atoms with E-state index in [-0.39, 0.29) is 17.9 Å². The number of aromatic nitrogens is 1. The molecular weight excluding hydrogens is 314 g/mol. The van der Waals surface area contributed by atoms with E-state index in [0.29, 0.717) is 39.2 Å². The lowest BCUT2D eigenvalue weighted by Gasteiger charge is -2.24. The Balaban J connectivity index is 1.53. The van der Waals surface area contributed by atoms with Gasteiger partial charge in [0.15, 0.2) is 0 Å². The molecule has 3 rings (SSSR count). The summed E-state index contributed by atoms with van der Waals surface area (Å²) in [7, 11) is 0. The maximum Gasteiger partial charge on any atom is 0.251 e. The fourth-order valence-electron chi connectivity index (χ4n) is 3.12. The Morgan fingerprint density at radius 2 is 2.04 bits per heavy atom. The molecule has 0 N–H and O–H groups in total. The summed E-state index contributed by atoms with van der Waals surface area (Å²) in [5.41, 5.74) is 0.842. The van der Waals surface area contributed by atoms with Gasteiger partial charge in [-0.25, -0.2) is 4.98 Å². The Hall–Kier alpha value is -1.47. The van der Waals surface area contributed by atoms with Crippen molar-refractivity contribution in [2.75, 3.05) is 32.8 Å². The van der Waals surface area contributed by atoms with Gasteiger partial charge in [-0.1, -0.05) is 0 Å². The van der Waals surface area contributed by atoms with Crippen molar-refractivity contribution in [3.05, 3.63) is 16.1 Å². The third kappa shape index (κ3) is 4.09. The average Bonchev–Trinajstić information content (AvgIpc) is 3.13. The van der Waals surface area contributed by atoms with Gasteiger partial charge >= 0.3 is 0 Å². The van der Waals surface area contributed by atoms with Gasteiger partial charge in [-0.2, -0.15) is 0 Å². The number of carbonyl (C=O) groups excluding carboxylic acids is 2. The first kappa shape index (κ1) is 16.4. The van der Waals surface area contributed by atoms with Crippen LogP contribution in [0.2, 0.25) is 0 Å². The van der Waals surface area contributed by atoms with Crippen molar-refractivity contribution in [3.8, 4) is 0 Å². The van der Waals surface area contributed by atoms with E-state index in [1.165, 1.54) is 0 Å². The Kier molecular flexibility index (Phi) is 5.27. The minimum Gasteiger partial charge on any atom is -0.368 e. The van der Waals surface area contributed by atoms with E-state index in [2.05, 4.69) is 4.98 Å². The van der Waals surface area contributed by atoms with Gasteiger partial charge in [0.05, 0.1) is 17.1 Å². The van der Waals surface area contributed by atoms with E-state index in [1.807, 2.05) is 22.1 Å². The standard InChI is InChI=1S/C16H23N3O3S/c1-12-17-13(11-23-12)10-15(20)18-5-3-6-19(8-7-18)16(21)14-4-2-9-22-14/h11,14H,2-10H2,1H3/t14-/m1/s1. The van der Waals surface area contributed by atoms with Crippen LogP contribution in [0.4, 0.5) is 0 Å². The van der Waals surface area contributed by atoms with Crippen LogP contribution in [0.15, 0.2) is 5.38 Å². The Morgan fingerprint density at radius 3 is 2.74 bits per heavy atom. The highest BCUT2D eigenvalue weighted by Gasteiger charge is 2.30. The van der Waals surface area contributed by atoms with Gasteiger partial charge in [0.1, 0.15) is 6.10 Å². The van der Waals surface area contributed by atoms with E-state index in [9.17, 15) is 9.59 Å². The predicted molar refractivity (Wildman–Crippen MR) is 87.3 cm³/mol. The molecule has 0 aromatic carbocycles. The second-order valence-corrected chi connectivity index (χ2v) is 7.16. The molecule has 23 heavy (non-hydrogen) atoms. The minimum absolute atomic E-state index is 0.0897. The lowest BCUT2D eigenvalue weighted by Crippen LogP contribution is -2.42. The van der Waals surface area contributed by atoms with Crippen molar-refractivity contribution in [3.63, 3.8) is 0 Å². The molecule has 0 unspecified atom stereocenters. The molecule has 2 saturated heterocycles. The second kappa shape index (κ2) is 7.40. The van der Waals surface area contributed by atoms with Gasteiger partial charge in [-0.3, -0.25) is 9.59 Å².